The van der Waals surface area contributed by atoms with E-state index in [1.807, 2.05) is 13.8 Å². The van der Waals surface area contributed by atoms with Gasteiger partial charge in [0.25, 0.3) is 0 Å². The van der Waals surface area contributed by atoms with Crippen LogP contribution in [-0.4, -0.2) is 43.4 Å². The summed E-state index contributed by atoms with van der Waals surface area (Å²) < 4.78 is 5.06. The van der Waals surface area contributed by atoms with Gasteiger partial charge >= 0.3 is 12.0 Å². The number of nitrogens with one attached hydrogen (secondary N) is 2. The molecule has 1 saturated carbocycles. The first kappa shape index (κ1) is 16.8. The van der Waals surface area contributed by atoms with E-state index in [0.29, 0.717) is 19.6 Å². The van der Waals surface area contributed by atoms with Gasteiger partial charge < -0.3 is 20.5 Å². The van der Waals surface area contributed by atoms with Crippen molar-refractivity contribution in [2.75, 3.05) is 20.3 Å². The van der Waals surface area contributed by atoms with Crippen molar-refractivity contribution in [2.24, 2.45) is 11.3 Å². The molecule has 3 N–H and O–H groups in total. The second kappa shape index (κ2) is 7.47. The summed E-state index contributed by atoms with van der Waals surface area (Å²) in [6.07, 6.45) is 3.81. The highest BCUT2D eigenvalue weighted by Crippen LogP contribution is 2.48. The van der Waals surface area contributed by atoms with Gasteiger partial charge in [0, 0.05) is 20.3 Å². The predicted molar refractivity (Wildman–Crippen MR) is 75.6 cm³/mol. The van der Waals surface area contributed by atoms with Crippen LogP contribution in [0, 0.1) is 11.3 Å². The standard InChI is InChI=1S/C14H26N2O4/c1-4-10(2)11(12(17)18)16-13(19)15-9-14(5-6-14)7-8-20-3/h10-11H,4-9H2,1-3H3,(H,17,18)(H2,15,16,19)/t10-,11-/m0/s1. The fourth-order valence-corrected chi connectivity index (χ4v) is 2.15. The van der Waals surface area contributed by atoms with E-state index in [4.69, 9.17) is 9.84 Å². The van der Waals surface area contributed by atoms with Crippen LogP contribution in [0.15, 0.2) is 0 Å². The number of hydrogen-bond acceptors (Lipinski definition) is 3. The Balaban J connectivity index is 2.37. The summed E-state index contributed by atoms with van der Waals surface area (Å²) in [6.45, 7) is 4.99. The quantitative estimate of drug-likeness (QED) is 0.601. The average Bonchev–Trinajstić information content (AvgIpc) is 3.19. The fraction of sp³-hybridized carbons (Fsp3) is 0.857. The maximum absolute atomic E-state index is 11.8. The number of carbonyl (C=O) groups excluding carboxylic acids is 1. The van der Waals surface area contributed by atoms with Crippen molar-refractivity contribution < 1.29 is 19.4 Å². The molecule has 0 aliphatic heterocycles. The molecule has 0 aromatic carbocycles. The van der Waals surface area contributed by atoms with Crippen LogP contribution in [0.4, 0.5) is 4.79 Å². The maximum atomic E-state index is 11.8. The SMILES string of the molecule is CC[C@H](C)[C@H](NC(=O)NCC1(CCOC)CC1)C(=O)O. The molecule has 0 saturated heterocycles. The second-order valence-corrected chi connectivity index (χ2v) is 5.77. The van der Waals surface area contributed by atoms with Crippen molar-refractivity contribution >= 4 is 12.0 Å². The molecule has 2 amide bonds. The van der Waals surface area contributed by atoms with Gasteiger partial charge in [-0.2, -0.15) is 0 Å². The lowest BCUT2D eigenvalue weighted by molar-refractivity contribution is -0.140. The smallest absolute Gasteiger partial charge is 0.326 e. The Morgan fingerprint density at radius 2 is 2.05 bits per heavy atom. The van der Waals surface area contributed by atoms with Crippen LogP contribution in [-0.2, 0) is 9.53 Å². The van der Waals surface area contributed by atoms with Gasteiger partial charge in [-0.15, -0.1) is 0 Å². The largest absolute Gasteiger partial charge is 0.480 e. The molecule has 1 fully saturated rings. The fourth-order valence-electron chi connectivity index (χ4n) is 2.15. The number of carboxylic acid groups (broad SMARTS) is 1. The molecule has 1 aliphatic carbocycles. The zero-order valence-electron chi connectivity index (χ0n) is 12.6. The summed E-state index contributed by atoms with van der Waals surface area (Å²) in [5, 5.41) is 14.5. The second-order valence-electron chi connectivity index (χ2n) is 5.77. The van der Waals surface area contributed by atoms with E-state index < -0.39 is 18.0 Å². The third-order valence-electron chi connectivity index (χ3n) is 4.18. The van der Waals surface area contributed by atoms with Crippen LogP contribution in [0.25, 0.3) is 0 Å². The topological polar surface area (TPSA) is 87.7 Å². The number of rotatable bonds is 9. The van der Waals surface area contributed by atoms with Crippen LogP contribution in [0.2, 0.25) is 0 Å². The molecule has 0 bridgehead atoms. The molecular formula is C14H26N2O4. The Morgan fingerprint density at radius 1 is 1.40 bits per heavy atom. The van der Waals surface area contributed by atoms with Crippen molar-refractivity contribution in [1.29, 1.82) is 0 Å². The molecule has 1 rings (SSSR count). The third-order valence-corrected chi connectivity index (χ3v) is 4.18. The maximum Gasteiger partial charge on any atom is 0.326 e. The number of hydrogen-bond donors (Lipinski definition) is 3. The van der Waals surface area contributed by atoms with Crippen LogP contribution in [0.3, 0.4) is 0 Å². The summed E-state index contributed by atoms with van der Waals surface area (Å²) in [5.41, 5.74) is 0.155. The van der Waals surface area contributed by atoms with Crippen LogP contribution in [0.1, 0.15) is 39.5 Å². The number of aliphatic carboxylic acids is 1. The zero-order chi connectivity index (χ0) is 15.2. The van der Waals surface area contributed by atoms with Gasteiger partial charge in [0.05, 0.1) is 0 Å². The van der Waals surface area contributed by atoms with E-state index in [1.54, 1.807) is 7.11 Å². The predicted octanol–water partition coefficient (Wildman–Crippen LogP) is 1.60. The van der Waals surface area contributed by atoms with E-state index in [1.165, 1.54) is 0 Å². The number of carboxylic acids is 1. The minimum atomic E-state index is -0.991. The first-order valence-corrected chi connectivity index (χ1v) is 7.20. The Morgan fingerprint density at radius 3 is 2.50 bits per heavy atom. The van der Waals surface area contributed by atoms with Gasteiger partial charge in [-0.3, -0.25) is 0 Å². The minimum Gasteiger partial charge on any atom is -0.480 e. The van der Waals surface area contributed by atoms with Gasteiger partial charge in [-0.1, -0.05) is 20.3 Å². The first-order chi connectivity index (χ1) is 9.44. The molecule has 0 spiro atoms. The molecule has 1 aliphatic rings. The lowest BCUT2D eigenvalue weighted by Gasteiger charge is -2.21. The summed E-state index contributed by atoms with van der Waals surface area (Å²) in [7, 11) is 1.67. The zero-order valence-corrected chi connectivity index (χ0v) is 12.6. The van der Waals surface area contributed by atoms with Crippen molar-refractivity contribution in [3.8, 4) is 0 Å². The molecule has 6 nitrogen and oxygen atoms in total. The Hall–Kier alpha value is -1.30. The van der Waals surface area contributed by atoms with E-state index >= 15 is 0 Å². The summed E-state index contributed by atoms with van der Waals surface area (Å²) in [4.78, 5) is 22.9. The Labute approximate surface area is 120 Å². The van der Waals surface area contributed by atoms with Crippen LogP contribution < -0.4 is 10.6 Å². The highest BCUT2D eigenvalue weighted by Gasteiger charge is 2.42. The van der Waals surface area contributed by atoms with Gasteiger partial charge in [-0.05, 0) is 30.6 Å². The summed E-state index contributed by atoms with van der Waals surface area (Å²) >= 11 is 0. The van der Waals surface area contributed by atoms with Crippen molar-refractivity contribution in [1.82, 2.24) is 10.6 Å². The average molecular weight is 286 g/mol. The number of urea groups is 1. The van der Waals surface area contributed by atoms with Gasteiger partial charge in [-0.25, -0.2) is 9.59 Å². The monoisotopic (exact) mass is 286 g/mol. The molecule has 116 valence electrons. The van der Waals surface area contributed by atoms with Gasteiger partial charge in [0.2, 0.25) is 0 Å². The Kier molecular flexibility index (Phi) is 6.26. The van der Waals surface area contributed by atoms with E-state index in [9.17, 15) is 9.59 Å². The highest BCUT2D eigenvalue weighted by atomic mass is 16.5. The van der Waals surface area contributed by atoms with Crippen LogP contribution >= 0.6 is 0 Å². The first-order valence-electron chi connectivity index (χ1n) is 7.20. The molecule has 2 atom stereocenters. The minimum absolute atomic E-state index is 0.0957. The van der Waals surface area contributed by atoms with Crippen molar-refractivity contribution in [3.05, 3.63) is 0 Å². The van der Waals surface area contributed by atoms with Gasteiger partial charge in [0.15, 0.2) is 0 Å². The molecular weight excluding hydrogens is 260 g/mol. The number of carbonyl (C=O) groups is 2. The van der Waals surface area contributed by atoms with Crippen molar-refractivity contribution in [3.63, 3.8) is 0 Å². The van der Waals surface area contributed by atoms with E-state index in [2.05, 4.69) is 10.6 Å². The summed E-state index contributed by atoms with van der Waals surface area (Å²) in [5.74, 6) is -1.09. The lowest BCUT2D eigenvalue weighted by Crippen LogP contribution is -2.50. The molecule has 6 heteroatoms. The Bertz CT molecular complexity index is 342. The molecule has 0 aromatic rings. The molecule has 20 heavy (non-hydrogen) atoms. The molecule has 0 heterocycles. The van der Waals surface area contributed by atoms with Crippen LogP contribution in [0.5, 0.6) is 0 Å². The van der Waals surface area contributed by atoms with E-state index in [0.717, 1.165) is 19.3 Å². The number of amides is 2. The van der Waals surface area contributed by atoms with E-state index in [-0.39, 0.29) is 11.3 Å². The lowest BCUT2D eigenvalue weighted by atomic mass is 9.99. The summed E-state index contributed by atoms with van der Waals surface area (Å²) in [6, 6.07) is -1.24. The van der Waals surface area contributed by atoms with Gasteiger partial charge in [0.1, 0.15) is 6.04 Å². The highest BCUT2D eigenvalue weighted by molar-refractivity contribution is 5.82. The van der Waals surface area contributed by atoms with Crippen molar-refractivity contribution in [2.45, 2.75) is 45.6 Å². The number of ether oxygens (including phenoxy) is 1. The number of methoxy groups -OCH3 is 1. The molecule has 0 aromatic heterocycles. The normalized spacial score (nSPS) is 18.9. The molecule has 0 unspecified atom stereocenters. The third kappa shape index (κ3) is 5.00. The molecule has 0 radical (unpaired) electrons.